The van der Waals surface area contributed by atoms with Crippen molar-refractivity contribution in [3.63, 3.8) is 0 Å². The zero-order valence-electron chi connectivity index (χ0n) is 16.4. The Kier molecular flexibility index (Phi) is 7.61. The van der Waals surface area contributed by atoms with Gasteiger partial charge in [-0.2, -0.15) is 0 Å². The molecule has 2 aromatic rings. The predicted molar refractivity (Wildman–Crippen MR) is 111 cm³/mol. The second kappa shape index (κ2) is 10.4. The number of hydrogen-bond acceptors (Lipinski definition) is 1. The van der Waals surface area contributed by atoms with Crippen LogP contribution in [0.4, 0.5) is 0 Å². The molecule has 2 aromatic carbocycles. The highest BCUT2D eigenvalue weighted by atomic mass is 16.5. The molecule has 1 nitrogen and oxygen atoms in total. The number of ether oxygens (including phenoxy) is 1. The maximum absolute atomic E-state index is 5.78. The highest BCUT2D eigenvalue weighted by Gasteiger charge is 2.12. The first kappa shape index (κ1) is 19.0. The second-order valence-electron chi connectivity index (χ2n) is 7.84. The summed E-state index contributed by atoms with van der Waals surface area (Å²) in [6.07, 6.45) is 14.6. The van der Waals surface area contributed by atoms with Gasteiger partial charge in [0, 0.05) is 0 Å². The molecule has 0 bridgehead atoms. The highest BCUT2D eigenvalue weighted by Crippen LogP contribution is 2.24. The van der Waals surface area contributed by atoms with E-state index >= 15 is 0 Å². The van der Waals surface area contributed by atoms with Crippen molar-refractivity contribution in [1.82, 2.24) is 0 Å². The summed E-state index contributed by atoms with van der Waals surface area (Å²) in [7, 11) is 0. The van der Waals surface area contributed by atoms with Crippen molar-refractivity contribution in [3.05, 3.63) is 64.7 Å². The number of aryl methyl sites for hydroxylation is 4. The van der Waals surface area contributed by atoms with Gasteiger partial charge in [0.1, 0.15) is 5.75 Å². The van der Waals surface area contributed by atoms with Gasteiger partial charge in [-0.05, 0) is 67.9 Å². The number of benzene rings is 2. The quantitative estimate of drug-likeness (QED) is 0.381. The molecule has 140 valence electrons. The molecule has 0 spiro atoms. The molecule has 0 aliphatic heterocycles. The standard InChI is InChI=1S/C25H34O/c1-21-11-17-25(18-12-21)26-19-9-7-5-3-2-4-6-8-10-22-13-14-23-15-16-24(23)20-22/h11-14,17-18,20H,2-10,15-16,19H2,1H3. The molecule has 0 saturated carbocycles. The molecule has 3 rings (SSSR count). The fourth-order valence-corrected chi connectivity index (χ4v) is 3.72. The van der Waals surface area contributed by atoms with E-state index in [1.165, 1.54) is 76.2 Å². The molecule has 0 heterocycles. The Bertz CT molecular complexity index is 656. The van der Waals surface area contributed by atoms with Gasteiger partial charge in [-0.15, -0.1) is 0 Å². The van der Waals surface area contributed by atoms with Crippen LogP contribution in [0, 0.1) is 6.92 Å². The summed E-state index contributed by atoms with van der Waals surface area (Å²) in [5.41, 5.74) is 6.03. The molecule has 0 amide bonds. The van der Waals surface area contributed by atoms with E-state index in [-0.39, 0.29) is 0 Å². The van der Waals surface area contributed by atoms with Gasteiger partial charge in [-0.25, -0.2) is 0 Å². The van der Waals surface area contributed by atoms with Crippen LogP contribution in [0.3, 0.4) is 0 Å². The summed E-state index contributed by atoms with van der Waals surface area (Å²) in [6, 6.07) is 15.5. The van der Waals surface area contributed by atoms with Crippen LogP contribution >= 0.6 is 0 Å². The lowest BCUT2D eigenvalue weighted by Gasteiger charge is -2.19. The Morgan fingerprint density at radius 2 is 1.35 bits per heavy atom. The first-order valence-corrected chi connectivity index (χ1v) is 10.6. The van der Waals surface area contributed by atoms with Crippen LogP contribution in [-0.4, -0.2) is 6.61 Å². The molecular weight excluding hydrogens is 316 g/mol. The lowest BCUT2D eigenvalue weighted by molar-refractivity contribution is 0.304. The van der Waals surface area contributed by atoms with E-state index in [0.29, 0.717) is 0 Å². The Hall–Kier alpha value is -1.76. The van der Waals surface area contributed by atoms with Crippen LogP contribution in [0.25, 0.3) is 0 Å². The smallest absolute Gasteiger partial charge is 0.119 e. The van der Waals surface area contributed by atoms with Crippen molar-refractivity contribution < 1.29 is 4.74 Å². The molecule has 0 aromatic heterocycles. The first-order chi connectivity index (χ1) is 12.8. The van der Waals surface area contributed by atoms with Gasteiger partial charge in [0.25, 0.3) is 0 Å². The molecular formula is C25H34O. The van der Waals surface area contributed by atoms with E-state index in [1.807, 2.05) is 0 Å². The lowest BCUT2D eigenvalue weighted by Crippen LogP contribution is -2.08. The number of fused-ring (bicyclic) bond motifs is 1. The molecule has 0 saturated heterocycles. The minimum Gasteiger partial charge on any atom is -0.494 e. The third-order valence-electron chi connectivity index (χ3n) is 5.58. The van der Waals surface area contributed by atoms with Crippen LogP contribution in [0.2, 0.25) is 0 Å². The molecule has 0 N–H and O–H groups in total. The van der Waals surface area contributed by atoms with E-state index in [2.05, 4.69) is 49.4 Å². The van der Waals surface area contributed by atoms with E-state index < -0.39 is 0 Å². The molecule has 1 heteroatoms. The van der Waals surface area contributed by atoms with Gasteiger partial charge in [0.2, 0.25) is 0 Å². The summed E-state index contributed by atoms with van der Waals surface area (Å²) >= 11 is 0. The molecule has 0 radical (unpaired) electrons. The second-order valence-corrected chi connectivity index (χ2v) is 7.84. The van der Waals surface area contributed by atoms with E-state index in [4.69, 9.17) is 4.74 Å². The zero-order valence-corrected chi connectivity index (χ0v) is 16.4. The molecule has 26 heavy (non-hydrogen) atoms. The summed E-state index contributed by atoms with van der Waals surface area (Å²) in [6.45, 7) is 2.96. The summed E-state index contributed by atoms with van der Waals surface area (Å²) in [4.78, 5) is 0. The highest BCUT2D eigenvalue weighted by molar-refractivity contribution is 5.38. The van der Waals surface area contributed by atoms with Crippen LogP contribution in [0.1, 0.15) is 73.6 Å². The van der Waals surface area contributed by atoms with Crippen molar-refractivity contribution in [2.24, 2.45) is 0 Å². The van der Waals surface area contributed by atoms with Gasteiger partial charge < -0.3 is 4.74 Å². The fourth-order valence-electron chi connectivity index (χ4n) is 3.72. The number of rotatable bonds is 12. The summed E-state index contributed by atoms with van der Waals surface area (Å²) in [5.74, 6) is 1.00. The van der Waals surface area contributed by atoms with Crippen LogP contribution in [-0.2, 0) is 19.3 Å². The Labute approximate surface area is 159 Å². The van der Waals surface area contributed by atoms with Gasteiger partial charge >= 0.3 is 0 Å². The Morgan fingerprint density at radius 1 is 0.692 bits per heavy atom. The summed E-state index contributed by atoms with van der Waals surface area (Å²) < 4.78 is 5.78. The van der Waals surface area contributed by atoms with Crippen molar-refractivity contribution >= 4 is 0 Å². The third-order valence-corrected chi connectivity index (χ3v) is 5.58. The summed E-state index contributed by atoms with van der Waals surface area (Å²) in [5, 5.41) is 0. The minimum atomic E-state index is 0.851. The normalized spacial score (nSPS) is 12.5. The SMILES string of the molecule is Cc1ccc(OCCCCCCCCCCc2ccc3c(c2)CC3)cc1. The molecule has 1 aliphatic rings. The maximum Gasteiger partial charge on any atom is 0.119 e. The van der Waals surface area contributed by atoms with Crippen LogP contribution in [0.15, 0.2) is 42.5 Å². The molecule has 0 unspecified atom stereocenters. The van der Waals surface area contributed by atoms with E-state index in [0.717, 1.165) is 12.4 Å². The Morgan fingerprint density at radius 3 is 2.00 bits per heavy atom. The number of unbranched alkanes of at least 4 members (excludes halogenated alkanes) is 7. The molecule has 1 aliphatic carbocycles. The van der Waals surface area contributed by atoms with E-state index in [1.54, 1.807) is 16.7 Å². The van der Waals surface area contributed by atoms with Gasteiger partial charge in [0.15, 0.2) is 0 Å². The van der Waals surface area contributed by atoms with Crippen molar-refractivity contribution in [2.45, 2.75) is 77.6 Å². The Balaban J connectivity index is 1.12. The average molecular weight is 351 g/mol. The lowest BCUT2D eigenvalue weighted by atomic mass is 9.86. The minimum absolute atomic E-state index is 0.851. The average Bonchev–Trinajstić information content (AvgIpc) is 2.63. The molecule has 0 atom stereocenters. The monoisotopic (exact) mass is 350 g/mol. The van der Waals surface area contributed by atoms with Crippen LogP contribution in [0.5, 0.6) is 5.75 Å². The number of hydrogen-bond donors (Lipinski definition) is 0. The maximum atomic E-state index is 5.78. The van der Waals surface area contributed by atoms with E-state index in [9.17, 15) is 0 Å². The van der Waals surface area contributed by atoms with Gasteiger partial charge in [-0.1, -0.05) is 74.4 Å². The van der Waals surface area contributed by atoms with Crippen molar-refractivity contribution in [1.29, 1.82) is 0 Å². The first-order valence-electron chi connectivity index (χ1n) is 10.6. The largest absolute Gasteiger partial charge is 0.494 e. The fraction of sp³-hybridized carbons (Fsp3) is 0.520. The van der Waals surface area contributed by atoms with Gasteiger partial charge in [-0.3, -0.25) is 0 Å². The van der Waals surface area contributed by atoms with Gasteiger partial charge in [0.05, 0.1) is 6.61 Å². The van der Waals surface area contributed by atoms with Crippen LogP contribution < -0.4 is 4.74 Å². The van der Waals surface area contributed by atoms with Crippen molar-refractivity contribution in [3.8, 4) is 5.75 Å². The zero-order chi connectivity index (χ0) is 18.0. The topological polar surface area (TPSA) is 9.23 Å². The molecule has 0 fully saturated rings. The predicted octanol–water partition coefficient (Wildman–Crippen LogP) is 6.84. The third kappa shape index (κ3) is 6.20. The van der Waals surface area contributed by atoms with Crippen molar-refractivity contribution in [2.75, 3.05) is 6.61 Å².